The first-order valence-electron chi connectivity index (χ1n) is 7.64. The molecule has 22 heavy (non-hydrogen) atoms. The van der Waals surface area contributed by atoms with Crippen molar-refractivity contribution in [2.45, 2.75) is 31.6 Å². The van der Waals surface area contributed by atoms with Gasteiger partial charge >= 0.3 is 0 Å². The van der Waals surface area contributed by atoms with Crippen LogP contribution in [0.2, 0.25) is 0 Å². The highest BCUT2D eigenvalue weighted by molar-refractivity contribution is 5.93. The summed E-state index contributed by atoms with van der Waals surface area (Å²) >= 11 is 0. The van der Waals surface area contributed by atoms with Gasteiger partial charge in [0.2, 0.25) is 0 Å². The Morgan fingerprint density at radius 2 is 1.91 bits per heavy atom. The number of hydrogen-bond donors (Lipinski definition) is 2. The van der Waals surface area contributed by atoms with Crippen molar-refractivity contribution in [3.8, 4) is 0 Å². The van der Waals surface area contributed by atoms with Gasteiger partial charge in [-0.05, 0) is 37.5 Å². The van der Waals surface area contributed by atoms with Crippen molar-refractivity contribution >= 4 is 5.91 Å². The lowest BCUT2D eigenvalue weighted by Crippen LogP contribution is -2.46. The number of amides is 1. The third kappa shape index (κ3) is 2.69. The minimum Gasteiger partial charge on any atom is -0.351 e. The number of H-pyrrole nitrogens is 1. The fourth-order valence-corrected chi connectivity index (χ4v) is 3.06. The van der Waals surface area contributed by atoms with E-state index in [0.717, 1.165) is 18.5 Å². The predicted molar refractivity (Wildman–Crippen MR) is 86.1 cm³/mol. The van der Waals surface area contributed by atoms with E-state index in [0.29, 0.717) is 6.54 Å². The SMILES string of the molecule is Cc1ccc(C(=O)NCC2(c3ccccc3)CCC2)c(=O)[nH]1. The third-order valence-electron chi connectivity index (χ3n) is 4.58. The van der Waals surface area contributed by atoms with E-state index in [9.17, 15) is 9.59 Å². The molecule has 4 heteroatoms. The molecule has 114 valence electrons. The number of carbonyl (C=O) groups is 1. The molecule has 1 saturated carbocycles. The number of carbonyl (C=O) groups excluding carboxylic acids is 1. The monoisotopic (exact) mass is 296 g/mol. The van der Waals surface area contributed by atoms with Crippen molar-refractivity contribution in [2.75, 3.05) is 6.54 Å². The van der Waals surface area contributed by atoms with Crippen LogP contribution >= 0.6 is 0 Å². The Hall–Kier alpha value is -2.36. The first-order valence-corrected chi connectivity index (χ1v) is 7.64. The summed E-state index contributed by atoms with van der Waals surface area (Å²) in [6, 6.07) is 13.6. The molecule has 0 aliphatic heterocycles. The van der Waals surface area contributed by atoms with E-state index >= 15 is 0 Å². The van der Waals surface area contributed by atoms with E-state index in [4.69, 9.17) is 0 Å². The minimum atomic E-state index is -0.333. The van der Waals surface area contributed by atoms with Crippen LogP contribution in [-0.4, -0.2) is 17.4 Å². The van der Waals surface area contributed by atoms with Crippen LogP contribution in [0.15, 0.2) is 47.3 Å². The van der Waals surface area contributed by atoms with Gasteiger partial charge < -0.3 is 10.3 Å². The molecule has 1 aliphatic carbocycles. The maximum atomic E-state index is 12.3. The van der Waals surface area contributed by atoms with Crippen LogP contribution in [0.4, 0.5) is 0 Å². The summed E-state index contributed by atoms with van der Waals surface area (Å²) < 4.78 is 0. The highest BCUT2D eigenvalue weighted by Crippen LogP contribution is 2.43. The van der Waals surface area contributed by atoms with Crippen LogP contribution in [0.25, 0.3) is 0 Å². The zero-order valence-corrected chi connectivity index (χ0v) is 12.7. The predicted octanol–water partition coefficient (Wildman–Crippen LogP) is 2.54. The summed E-state index contributed by atoms with van der Waals surface area (Å²) in [5, 5.41) is 2.94. The Morgan fingerprint density at radius 3 is 2.50 bits per heavy atom. The maximum Gasteiger partial charge on any atom is 0.260 e. The van der Waals surface area contributed by atoms with E-state index in [1.807, 2.05) is 18.2 Å². The standard InChI is InChI=1S/C18H20N2O2/c1-13-8-9-15(17(22)20-13)16(21)19-12-18(10-5-11-18)14-6-3-2-4-7-14/h2-4,6-9H,5,10-12H2,1H3,(H,19,21)(H,20,22). The van der Waals surface area contributed by atoms with Gasteiger partial charge in [-0.15, -0.1) is 0 Å². The van der Waals surface area contributed by atoms with Crippen molar-refractivity contribution < 1.29 is 4.79 Å². The summed E-state index contributed by atoms with van der Waals surface area (Å²) in [4.78, 5) is 26.8. The normalized spacial score (nSPS) is 15.9. The van der Waals surface area contributed by atoms with Crippen LogP contribution in [0.3, 0.4) is 0 Å². The highest BCUT2D eigenvalue weighted by atomic mass is 16.2. The zero-order chi connectivity index (χ0) is 15.6. The highest BCUT2D eigenvalue weighted by Gasteiger charge is 2.38. The second-order valence-electron chi connectivity index (χ2n) is 6.07. The zero-order valence-electron chi connectivity index (χ0n) is 12.7. The molecule has 2 N–H and O–H groups in total. The lowest BCUT2D eigenvalue weighted by molar-refractivity contribution is 0.0926. The van der Waals surface area contributed by atoms with Crippen LogP contribution in [0.5, 0.6) is 0 Å². The molecule has 0 unspecified atom stereocenters. The van der Waals surface area contributed by atoms with Crippen LogP contribution in [-0.2, 0) is 5.41 Å². The third-order valence-corrected chi connectivity index (χ3v) is 4.58. The van der Waals surface area contributed by atoms with E-state index in [1.54, 1.807) is 19.1 Å². The number of aromatic amines is 1. The summed E-state index contributed by atoms with van der Waals surface area (Å²) in [5.41, 5.74) is 1.88. The Labute approximate surface area is 129 Å². The van der Waals surface area contributed by atoms with E-state index in [2.05, 4.69) is 22.4 Å². The Balaban J connectivity index is 1.74. The van der Waals surface area contributed by atoms with Crippen molar-refractivity contribution in [1.82, 2.24) is 10.3 Å². The second-order valence-corrected chi connectivity index (χ2v) is 6.07. The van der Waals surface area contributed by atoms with Crippen molar-refractivity contribution in [3.05, 3.63) is 69.6 Å². The van der Waals surface area contributed by atoms with Gasteiger partial charge in [0, 0.05) is 17.7 Å². The second kappa shape index (κ2) is 5.79. The van der Waals surface area contributed by atoms with Gasteiger partial charge in [0.1, 0.15) is 5.56 Å². The van der Waals surface area contributed by atoms with Gasteiger partial charge in [0.15, 0.2) is 0 Å². The number of pyridine rings is 1. The van der Waals surface area contributed by atoms with Crippen LogP contribution in [0, 0.1) is 6.92 Å². The lowest BCUT2D eigenvalue weighted by Gasteiger charge is -2.42. The summed E-state index contributed by atoms with van der Waals surface area (Å²) in [6.07, 6.45) is 3.32. The molecule has 1 aromatic heterocycles. The smallest absolute Gasteiger partial charge is 0.260 e. The van der Waals surface area contributed by atoms with Gasteiger partial charge in [-0.1, -0.05) is 36.8 Å². The topological polar surface area (TPSA) is 62.0 Å². The Bertz CT molecular complexity index is 730. The van der Waals surface area contributed by atoms with E-state index < -0.39 is 0 Å². The van der Waals surface area contributed by atoms with Crippen molar-refractivity contribution in [2.24, 2.45) is 0 Å². The largest absolute Gasteiger partial charge is 0.351 e. The van der Waals surface area contributed by atoms with Crippen molar-refractivity contribution in [1.29, 1.82) is 0 Å². The lowest BCUT2D eigenvalue weighted by atomic mass is 9.64. The van der Waals surface area contributed by atoms with Gasteiger partial charge in [0.05, 0.1) is 0 Å². The molecule has 0 radical (unpaired) electrons. The molecule has 0 saturated heterocycles. The summed E-state index contributed by atoms with van der Waals surface area (Å²) in [7, 11) is 0. The molecular weight excluding hydrogens is 276 g/mol. The molecule has 0 bridgehead atoms. The van der Waals surface area contributed by atoms with Gasteiger partial charge in [-0.25, -0.2) is 0 Å². The quantitative estimate of drug-likeness (QED) is 0.910. The summed E-state index contributed by atoms with van der Waals surface area (Å²) in [5.74, 6) is -0.302. The van der Waals surface area contributed by atoms with Crippen LogP contribution in [0.1, 0.15) is 40.9 Å². The number of rotatable bonds is 4. The fourth-order valence-electron chi connectivity index (χ4n) is 3.06. The minimum absolute atomic E-state index is 0.0222. The fraction of sp³-hybridized carbons (Fsp3) is 0.333. The van der Waals surface area contributed by atoms with Crippen LogP contribution < -0.4 is 10.9 Å². The van der Waals surface area contributed by atoms with Gasteiger partial charge in [-0.3, -0.25) is 9.59 Å². The first-order chi connectivity index (χ1) is 10.6. The van der Waals surface area contributed by atoms with Gasteiger partial charge in [0.25, 0.3) is 11.5 Å². The molecule has 1 amide bonds. The maximum absolute atomic E-state index is 12.3. The average Bonchev–Trinajstić information content (AvgIpc) is 2.47. The molecule has 1 aromatic carbocycles. The Morgan fingerprint density at radius 1 is 1.18 bits per heavy atom. The number of nitrogens with one attached hydrogen (secondary N) is 2. The first kappa shape index (κ1) is 14.6. The molecule has 1 aliphatic rings. The molecule has 2 aromatic rings. The number of aryl methyl sites for hydroxylation is 1. The molecule has 1 heterocycles. The van der Waals surface area contributed by atoms with Gasteiger partial charge in [-0.2, -0.15) is 0 Å². The average molecular weight is 296 g/mol. The number of benzene rings is 1. The molecule has 0 atom stereocenters. The molecule has 0 spiro atoms. The molecule has 3 rings (SSSR count). The molecule has 1 fully saturated rings. The van der Waals surface area contributed by atoms with E-state index in [1.165, 1.54) is 12.0 Å². The summed E-state index contributed by atoms with van der Waals surface area (Å²) in [6.45, 7) is 2.37. The van der Waals surface area contributed by atoms with E-state index in [-0.39, 0.29) is 22.4 Å². The Kier molecular flexibility index (Phi) is 3.84. The number of hydrogen-bond acceptors (Lipinski definition) is 2. The molecular formula is C18H20N2O2. The number of aromatic nitrogens is 1. The van der Waals surface area contributed by atoms with Crippen molar-refractivity contribution in [3.63, 3.8) is 0 Å². The molecule has 4 nitrogen and oxygen atoms in total.